The van der Waals surface area contributed by atoms with Crippen LogP contribution in [0.4, 0.5) is 17.1 Å². The summed E-state index contributed by atoms with van der Waals surface area (Å²) in [6.07, 6.45) is 0. The minimum atomic E-state index is -0.261. The molecule has 1 heterocycles. The number of anilines is 3. The first-order chi connectivity index (χ1) is 32.2. The summed E-state index contributed by atoms with van der Waals surface area (Å²) in [7, 11) is 0. The van der Waals surface area contributed by atoms with Crippen molar-refractivity contribution >= 4 is 49.8 Å². The lowest BCUT2D eigenvalue weighted by Crippen LogP contribution is -2.18. The molecule has 11 aromatic rings. The average molecular weight is 846 g/mol. The van der Waals surface area contributed by atoms with Crippen molar-refractivity contribution in [1.29, 1.82) is 0 Å². The third-order valence-corrected chi connectivity index (χ3v) is 14.9. The van der Waals surface area contributed by atoms with Crippen molar-refractivity contribution in [1.82, 2.24) is 0 Å². The Morgan fingerprint density at radius 1 is 0.333 bits per heavy atom. The Morgan fingerprint density at radius 2 is 0.864 bits per heavy atom. The van der Waals surface area contributed by atoms with Crippen LogP contribution >= 0.6 is 0 Å². The van der Waals surface area contributed by atoms with Crippen LogP contribution in [0.25, 0.3) is 88.3 Å². The van der Waals surface area contributed by atoms with Crippen LogP contribution in [0.1, 0.15) is 49.9 Å². The van der Waals surface area contributed by atoms with Crippen LogP contribution in [-0.2, 0) is 10.8 Å². The highest BCUT2D eigenvalue weighted by Gasteiger charge is 2.43. The lowest BCUT2D eigenvalue weighted by molar-refractivity contribution is 0.652. The van der Waals surface area contributed by atoms with E-state index in [2.05, 4.69) is 245 Å². The van der Waals surface area contributed by atoms with E-state index in [0.717, 1.165) is 50.1 Å². The lowest BCUT2D eigenvalue weighted by atomic mass is 9.79. The number of para-hydroxylation sites is 2. The molecule has 0 saturated carbocycles. The van der Waals surface area contributed by atoms with Gasteiger partial charge in [0.25, 0.3) is 0 Å². The molecule has 0 spiro atoms. The minimum Gasteiger partial charge on any atom is -0.454 e. The molecule has 0 fully saturated rings. The highest BCUT2D eigenvalue weighted by atomic mass is 16.3. The Labute approximate surface area is 386 Å². The van der Waals surface area contributed by atoms with Crippen molar-refractivity contribution in [2.75, 3.05) is 4.90 Å². The molecule has 2 aliphatic carbocycles. The first kappa shape index (κ1) is 38.5. The standard InChI is InChI=1S/C64H47NO/c1-63(2)54-25-12-10-20-47(54)52-37-56-53(38-55(52)63)61-50-23-9-8-21-48(50)59(39-57(61)64(56,3)4)65(58-26-15-24-51-49-22-11-13-27-60(49)66-62(51)58)46-19-14-18-45(36-46)44-34-32-43(33-35-44)42-30-28-41(29-31-42)40-16-6-5-7-17-40/h5-39H,1-4H3. The zero-order valence-corrected chi connectivity index (χ0v) is 37.6. The van der Waals surface area contributed by atoms with Gasteiger partial charge in [0, 0.05) is 32.7 Å². The number of fused-ring (bicyclic) bond motifs is 11. The number of hydrogen-bond acceptors (Lipinski definition) is 2. The smallest absolute Gasteiger partial charge is 0.159 e. The first-order valence-corrected chi connectivity index (χ1v) is 23.2. The van der Waals surface area contributed by atoms with E-state index in [0.29, 0.717) is 0 Å². The lowest BCUT2D eigenvalue weighted by Gasteiger charge is -2.30. The molecular formula is C64H47NO. The summed E-state index contributed by atoms with van der Waals surface area (Å²) in [5.74, 6) is 0. The fourth-order valence-electron chi connectivity index (χ4n) is 11.4. The van der Waals surface area contributed by atoms with Crippen LogP contribution in [0.15, 0.2) is 217 Å². The molecule has 0 N–H and O–H groups in total. The van der Waals surface area contributed by atoms with E-state index in [4.69, 9.17) is 4.42 Å². The van der Waals surface area contributed by atoms with Crippen molar-refractivity contribution in [3.63, 3.8) is 0 Å². The summed E-state index contributed by atoms with van der Waals surface area (Å²) in [6.45, 7) is 9.60. The SMILES string of the molecule is CC1(C)c2ccccc2-c2cc3c(cc21)-c1c(cc(N(c2cccc(-c4ccc(-c5ccc(-c6ccccc6)cc5)cc4)c2)c2cccc4c2oc2ccccc24)c2ccccc12)C3(C)C. The molecule has 314 valence electrons. The molecule has 2 aliphatic rings. The van der Waals surface area contributed by atoms with E-state index >= 15 is 0 Å². The van der Waals surface area contributed by atoms with E-state index in [1.165, 1.54) is 77.5 Å². The Morgan fingerprint density at radius 3 is 1.61 bits per heavy atom. The Kier molecular flexibility index (Phi) is 8.33. The van der Waals surface area contributed by atoms with Crippen molar-refractivity contribution in [3.05, 3.63) is 235 Å². The maximum Gasteiger partial charge on any atom is 0.159 e. The first-order valence-electron chi connectivity index (χ1n) is 23.2. The van der Waals surface area contributed by atoms with Crippen molar-refractivity contribution in [3.8, 4) is 55.6 Å². The fourth-order valence-corrected chi connectivity index (χ4v) is 11.4. The number of benzene rings is 10. The van der Waals surface area contributed by atoms with E-state index < -0.39 is 0 Å². The third-order valence-electron chi connectivity index (χ3n) is 14.9. The summed E-state index contributed by atoms with van der Waals surface area (Å²) in [5, 5.41) is 4.68. The van der Waals surface area contributed by atoms with Crippen LogP contribution in [0.3, 0.4) is 0 Å². The Hall–Kier alpha value is -7.94. The highest BCUT2D eigenvalue weighted by molar-refractivity contribution is 6.14. The highest BCUT2D eigenvalue weighted by Crippen LogP contribution is 2.59. The van der Waals surface area contributed by atoms with Gasteiger partial charge in [0.05, 0.1) is 11.4 Å². The third kappa shape index (κ3) is 5.67. The second kappa shape index (κ2) is 14.3. The normalized spacial score (nSPS) is 14.0. The number of rotatable bonds is 6. The topological polar surface area (TPSA) is 16.4 Å². The van der Waals surface area contributed by atoms with E-state index in [1.807, 2.05) is 0 Å². The van der Waals surface area contributed by atoms with Crippen LogP contribution in [0.2, 0.25) is 0 Å². The van der Waals surface area contributed by atoms with Crippen LogP contribution in [-0.4, -0.2) is 0 Å². The van der Waals surface area contributed by atoms with Crippen LogP contribution in [0.5, 0.6) is 0 Å². The largest absolute Gasteiger partial charge is 0.454 e. The van der Waals surface area contributed by atoms with Gasteiger partial charge in [0.1, 0.15) is 5.58 Å². The summed E-state index contributed by atoms with van der Waals surface area (Å²) in [5.41, 5.74) is 22.7. The molecule has 13 rings (SSSR count). The van der Waals surface area contributed by atoms with Crippen molar-refractivity contribution in [2.24, 2.45) is 0 Å². The van der Waals surface area contributed by atoms with E-state index in [-0.39, 0.29) is 10.8 Å². The molecule has 0 unspecified atom stereocenters. The van der Waals surface area contributed by atoms with Gasteiger partial charge in [-0.05, 0) is 126 Å². The summed E-state index contributed by atoms with van der Waals surface area (Å²) in [6, 6.07) is 78.0. The Balaban J connectivity index is 0.981. The van der Waals surface area contributed by atoms with Gasteiger partial charge >= 0.3 is 0 Å². The second-order valence-electron chi connectivity index (χ2n) is 19.3. The molecular weight excluding hydrogens is 799 g/mol. The second-order valence-corrected chi connectivity index (χ2v) is 19.3. The minimum absolute atomic E-state index is 0.0921. The zero-order valence-electron chi connectivity index (χ0n) is 37.6. The summed E-state index contributed by atoms with van der Waals surface area (Å²) in [4.78, 5) is 2.46. The average Bonchev–Trinajstić information content (AvgIpc) is 3.94. The molecule has 66 heavy (non-hydrogen) atoms. The summed E-state index contributed by atoms with van der Waals surface area (Å²) < 4.78 is 6.86. The van der Waals surface area contributed by atoms with Crippen LogP contribution < -0.4 is 4.90 Å². The molecule has 2 heteroatoms. The molecule has 1 aromatic heterocycles. The molecule has 0 amide bonds. The maximum atomic E-state index is 6.86. The van der Waals surface area contributed by atoms with Gasteiger partial charge in [0.15, 0.2) is 5.58 Å². The number of hydrogen-bond donors (Lipinski definition) is 0. The van der Waals surface area contributed by atoms with Gasteiger partial charge in [-0.25, -0.2) is 0 Å². The van der Waals surface area contributed by atoms with Gasteiger partial charge in [-0.2, -0.15) is 0 Å². The van der Waals surface area contributed by atoms with Gasteiger partial charge in [-0.1, -0.05) is 198 Å². The van der Waals surface area contributed by atoms with E-state index in [1.54, 1.807) is 0 Å². The summed E-state index contributed by atoms with van der Waals surface area (Å²) >= 11 is 0. The predicted molar refractivity (Wildman–Crippen MR) is 277 cm³/mol. The van der Waals surface area contributed by atoms with Gasteiger partial charge in [0.2, 0.25) is 0 Å². The number of nitrogens with zero attached hydrogens (tertiary/aromatic N) is 1. The molecule has 0 atom stereocenters. The van der Waals surface area contributed by atoms with Crippen molar-refractivity contribution < 1.29 is 4.42 Å². The van der Waals surface area contributed by atoms with Gasteiger partial charge < -0.3 is 9.32 Å². The monoisotopic (exact) mass is 845 g/mol. The van der Waals surface area contributed by atoms with Gasteiger partial charge in [-0.15, -0.1) is 0 Å². The molecule has 0 bridgehead atoms. The van der Waals surface area contributed by atoms with Crippen LogP contribution in [0, 0.1) is 0 Å². The Bertz CT molecular complexity index is 3740. The molecule has 10 aromatic carbocycles. The number of furan rings is 1. The quantitative estimate of drug-likeness (QED) is 0.166. The molecule has 0 saturated heterocycles. The maximum absolute atomic E-state index is 6.86. The van der Waals surface area contributed by atoms with Gasteiger partial charge in [-0.3, -0.25) is 0 Å². The van der Waals surface area contributed by atoms with E-state index in [9.17, 15) is 0 Å². The molecule has 0 radical (unpaired) electrons. The zero-order chi connectivity index (χ0) is 44.3. The van der Waals surface area contributed by atoms with Crippen molar-refractivity contribution in [2.45, 2.75) is 38.5 Å². The molecule has 0 aliphatic heterocycles. The predicted octanol–water partition coefficient (Wildman–Crippen LogP) is 17.8. The molecule has 2 nitrogen and oxygen atoms in total. The fraction of sp³-hybridized carbons (Fsp3) is 0.0938.